The van der Waals surface area contributed by atoms with Gasteiger partial charge in [0.05, 0.1) is 12.2 Å². The van der Waals surface area contributed by atoms with Crippen LogP contribution in [0.2, 0.25) is 0 Å². The Morgan fingerprint density at radius 3 is 2.92 bits per heavy atom. The monoisotopic (exact) mass is 323 g/mol. The van der Waals surface area contributed by atoms with E-state index in [1.54, 1.807) is 6.20 Å². The fraction of sp³-hybridized carbons (Fsp3) is 0.278. The summed E-state index contributed by atoms with van der Waals surface area (Å²) in [5, 5.41) is 14.3. The van der Waals surface area contributed by atoms with Crippen LogP contribution in [0.1, 0.15) is 34.2 Å². The summed E-state index contributed by atoms with van der Waals surface area (Å²) < 4.78 is 1.83. The first-order chi connectivity index (χ1) is 11.6. The van der Waals surface area contributed by atoms with Gasteiger partial charge in [-0.05, 0) is 43.7 Å². The van der Waals surface area contributed by atoms with E-state index in [2.05, 4.69) is 20.6 Å². The molecule has 0 saturated heterocycles. The number of hydrogen-bond donors (Lipinski definition) is 2. The van der Waals surface area contributed by atoms with Crippen LogP contribution < -0.4 is 5.32 Å². The van der Waals surface area contributed by atoms with Crippen LogP contribution in [0.25, 0.3) is 0 Å². The van der Waals surface area contributed by atoms with Crippen molar-refractivity contribution in [2.24, 2.45) is 0 Å². The minimum Gasteiger partial charge on any atom is -0.349 e. The molecule has 0 fully saturated rings. The average molecular weight is 323 g/mol. The van der Waals surface area contributed by atoms with Crippen molar-refractivity contribution < 1.29 is 4.79 Å². The van der Waals surface area contributed by atoms with E-state index in [0.29, 0.717) is 18.5 Å². The number of nitrogens with zero attached hydrogens (tertiary/aromatic N) is 3. The molecule has 0 aliphatic rings. The molecule has 6 nitrogen and oxygen atoms in total. The fourth-order valence-electron chi connectivity index (χ4n) is 2.64. The minimum atomic E-state index is -0.0722. The highest BCUT2D eigenvalue weighted by atomic mass is 16.1. The van der Waals surface area contributed by atoms with Crippen molar-refractivity contribution in [2.45, 2.75) is 32.9 Å². The molecular formula is C18H21N5O. The fourth-order valence-corrected chi connectivity index (χ4v) is 2.64. The molecule has 0 saturated carbocycles. The number of aromatic nitrogens is 4. The average Bonchev–Trinajstić information content (AvgIpc) is 3.19. The first kappa shape index (κ1) is 16.0. The summed E-state index contributed by atoms with van der Waals surface area (Å²) in [6.07, 6.45) is 4.35. The SMILES string of the molecule is Cc1cc(C[C@H](C)NC(=O)c2cccc(Cn3cccn3)c2)n[nH]1. The second kappa shape index (κ2) is 7.12. The first-order valence-corrected chi connectivity index (χ1v) is 7.98. The lowest BCUT2D eigenvalue weighted by atomic mass is 10.1. The van der Waals surface area contributed by atoms with Gasteiger partial charge in [0.15, 0.2) is 0 Å². The van der Waals surface area contributed by atoms with Crippen molar-refractivity contribution in [3.63, 3.8) is 0 Å². The van der Waals surface area contributed by atoms with Crippen LogP contribution in [0.5, 0.6) is 0 Å². The van der Waals surface area contributed by atoms with Crippen molar-refractivity contribution in [2.75, 3.05) is 0 Å². The van der Waals surface area contributed by atoms with Crippen molar-refractivity contribution in [3.8, 4) is 0 Å². The highest BCUT2D eigenvalue weighted by molar-refractivity contribution is 5.94. The Balaban J connectivity index is 1.62. The number of amides is 1. The third-order valence-electron chi connectivity index (χ3n) is 3.74. The topological polar surface area (TPSA) is 75.6 Å². The molecule has 0 aliphatic heterocycles. The Hall–Kier alpha value is -2.89. The molecule has 2 aromatic heterocycles. The van der Waals surface area contributed by atoms with E-state index in [-0.39, 0.29) is 11.9 Å². The lowest BCUT2D eigenvalue weighted by molar-refractivity contribution is 0.0940. The molecule has 1 aromatic carbocycles. The number of aryl methyl sites for hydroxylation is 1. The van der Waals surface area contributed by atoms with Gasteiger partial charge in [-0.15, -0.1) is 0 Å². The van der Waals surface area contributed by atoms with E-state index in [4.69, 9.17) is 0 Å². The highest BCUT2D eigenvalue weighted by Crippen LogP contribution is 2.08. The summed E-state index contributed by atoms with van der Waals surface area (Å²) in [4.78, 5) is 12.4. The van der Waals surface area contributed by atoms with Gasteiger partial charge in [0.2, 0.25) is 0 Å². The van der Waals surface area contributed by atoms with Crippen LogP contribution in [-0.2, 0) is 13.0 Å². The molecule has 3 rings (SSSR count). The van der Waals surface area contributed by atoms with Crippen LogP contribution in [0.4, 0.5) is 0 Å². The maximum atomic E-state index is 12.4. The van der Waals surface area contributed by atoms with Crippen LogP contribution in [0.3, 0.4) is 0 Å². The number of carbonyl (C=O) groups is 1. The zero-order chi connectivity index (χ0) is 16.9. The van der Waals surface area contributed by atoms with Gasteiger partial charge in [0.25, 0.3) is 5.91 Å². The van der Waals surface area contributed by atoms with Gasteiger partial charge in [-0.1, -0.05) is 12.1 Å². The molecule has 6 heteroatoms. The van der Waals surface area contributed by atoms with E-state index in [0.717, 1.165) is 17.0 Å². The normalized spacial score (nSPS) is 12.1. The molecule has 2 N–H and O–H groups in total. The number of aromatic amines is 1. The predicted octanol–water partition coefficient (Wildman–Crippen LogP) is 2.32. The minimum absolute atomic E-state index is 0.00923. The van der Waals surface area contributed by atoms with Gasteiger partial charge in [-0.3, -0.25) is 14.6 Å². The summed E-state index contributed by atoms with van der Waals surface area (Å²) >= 11 is 0. The summed E-state index contributed by atoms with van der Waals surface area (Å²) in [7, 11) is 0. The lowest BCUT2D eigenvalue weighted by Gasteiger charge is -2.13. The molecule has 3 aromatic rings. The smallest absolute Gasteiger partial charge is 0.251 e. The number of H-pyrrole nitrogens is 1. The largest absolute Gasteiger partial charge is 0.349 e. The molecular weight excluding hydrogens is 302 g/mol. The van der Waals surface area contributed by atoms with E-state index in [1.165, 1.54) is 0 Å². The van der Waals surface area contributed by atoms with Crippen molar-refractivity contribution in [1.29, 1.82) is 0 Å². The van der Waals surface area contributed by atoms with Gasteiger partial charge in [0.1, 0.15) is 0 Å². The summed E-state index contributed by atoms with van der Waals surface area (Å²) in [5.74, 6) is -0.0722. The molecule has 0 unspecified atom stereocenters. The Morgan fingerprint density at radius 1 is 1.33 bits per heavy atom. The third-order valence-corrected chi connectivity index (χ3v) is 3.74. The Kier molecular flexibility index (Phi) is 4.74. The Morgan fingerprint density at radius 2 is 2.21 bits per heavy atom. The number of hydrogen-bond acceptors (Lipinski definition) is 3. The quantitative estimate of drug-likeness (QED) is 0.731. The van der Waals surface area contributed by atoms with Crippen molar-refractivity contribution >= 4 is 5.91 Å². The van der Waals surface area contributed by atoms with Crippen molar-refractivity contribution in [3.05, 3.63) is 71.3 Å². The summed E-state index contributed by atoms with van der Waals surface area (Å²) in [6, 6.07) is 11.5. The molecule has 24 heavy (non-hydrogen) atoms. The van der Waals surface area contributed by atoms with Crippen LogP contribution in [-0.4, -0.2) is 31.9 Å². The molecule has 0 radical (unpaired) electrons. The number of rotatable bonds is 6. The second-order valence-electron chi connectivity index (χ2n) is 6.02. The molecule has 1 atom stereocenters. The number of benzene rings is 1. The van der Waals surface area contributed by atoms with Crippen LogP contribution >= 0.6 is 0 Å². The third kappa shape index (κ3) is 4.10. The van der Waals surface area contributed by atoms with Gasteiger partial charge >= 0.3 is 0 Å². The van der Waals surface area contributed by atoms with Crippen LogP contribution in [0, 0.1) is 6.92 Å². The first-order valence-electron chi connectivity index (χ1n) is 7.98. The zero-order valence-electron chi connectivity index (χ0n) is 13.9. The van der Waals surface area contributed by atoms with E-state index >= 15 is 0 Å². The van der Waals surface area contributed by atoms with Crippen molar-refractivity contribution in [1.82, 2.24) is 25.3 Å². The Labute approximate surface area is 140 Å². The van der Waals surface area contributed by atoms with E-state index in [9.17, 15) is 4.79 Å². The van der Waals surface area contributed by atoms with E-state index in [1.807, 2.05) is 61.1 Å². The summed E-state index contributed by atoms with van der Waals surface area (Å²) in [5.41, 5.74) is 3.68. The molecule has 0 spiro atoms. The standard InChI is InChI=1S/C18H21N5O/c1-13(9-17-10-14(2)21-22-17)20-18(24)16-6-3-5-15(11-16)12-23-8-4-7-19-23/h3-8,10-11,13H,9,12H2,1-2H3,(H,20,24)(H,21,22)/t13-/m0/s1. The number of nitrogens with one attached hydrogen (secondary N) is 2. The van der Waals surface area contributed by atoms with Gasteiger partial charge in [-0.2, -0.15) is 10.2 Å². The Bertz CT molecular complexity index is 806. The van der Waals surface area contributed by atoms with Gasteiger partial charge in [-0.25, -0.2) is 0 Å². The highest BCUT2D eigenvalue weighted by Gasteiger charge is 2.12. The predicted molar refractivity (Wildman–Crippen MR) is 91.7 cm³/mol. The molecule has 124 valence electrons. The van der Waals surface area contributed by atoms with Gasteiger partial charge in [0, 0.05) is 36.1 Å². The molecule has 2 heterocycles. The molecule has 0 aliphatic carbocycles. The molecule has 1 amide bonds. The summed E-state index contributed by atoms with van der Waals surface area (Å²) in [6.45, 7) is 4.59. The van der Waals surface area contributed by atoms with Gasteiger partial charge < -0.3 is 5.32 Å². The zero-order valence-corrected chi connectivity index (χ0v) is 13.9. The van der Waals surface area contributed by atoms with Crippen LogP contribution in [0.15, 0.2) is 48.8 Å². The van der Waals surface area contributed by atoms with E-state index < -0.39 is 0 Å². The molecule has 0 bridgehead atoms. The maximum Gasteiger partial charge on any atom is 0.251 e. The number of carbonyl (C=O) groups excluding carboxylic acids is 1. The lowest BCUT2D eigenvalue weighted by Crippen LogP contribution is -2.34. The maximum absolute atomic E-state index is 12.4. The second-order valence-corrected chi connectivity index (χ2v) is 6.02.